The van der Waals surface area contributed by atoms with Gasteiger partial charge in [0, 0.05) is 0 Å². The van der Waals surface area contributed by atoms with Gasteiger partial charge in [-0.1, -0.05) is 49.1 Å². The highest BCUT2D eigenvalue weighted by atomic mass is 13.8. The minimum atomic E-state index is 1.02. The first kappa shape index (κ1) is 11.0. The van der Waals surface area contributed by atoms with E-state index in [-0.39, 0.29) is 0 Å². The summed E-state index contributed by atoms with van der Waals surface area (Å²) in [5, 5.41) is 0. The van der Waals surface area contributed by atoms with E-state index < -0.39 is 0 Å². The van der Waals surface area contributed by atoms with E-state index in [9.17, 15) is 0 Å². The first-order valence-corrected chi connectivity index (χ1v) is 4.45. The van der Waals surface area contributed by atoms with Crippen molar-refractivity contribution in [1.29, 1.82) is 0 Å². The third-order valence-electron chi connectivity index (χ3n) is 1.45. The summed E-state index contributed by atoms with van der Waals surface area (Å²) < 4.78 is 0. The van der Waals surface area contributed by atoms with E-state index in [1.165, 1.54) is 0 Å². The molecule has 0 heterocycles. The Morgan fingerprint density at radius 2 is 1.75 bits per heavy atom. The van der Waals surface area contributed by atoms with Crippen molar-refractivity contribution in [2.45, 2.75) is 26.2 Å². The van der Waals surface area contributed by atoms with E-state index >= 15 is 0 Å². The molecule has 0 unspecified atom stereocenters. The molecule has 0 nitrogen and oxygen atoms in total. The van der Waals surface area contributed by atoms with Gasteiger partial charge in [0.05, 0.1) is 0 Å². The first-order chi connectivity index (χ1) is 5.91. The van der Waals surface area contributed by atoms with Crippen LogP contribution in [-0.2, 0) is 0 Å². The van der Waals surface area contributed by atoms with Gasteiger partial charge in [-0.15, -0.1) is 0 Å². The highest BCUT2D eigenvalue weighted by molar-refractivity contribution is 5.01. The maximum atomic E-state index is 3.60. The highest BCUT2D eigenvalue weighted by Gasteiger charge is 1.74. The van der Waals surface area contributed by atoms with E-state index in [0.29, 0.717) is 0 Å². The van der Waals surface area contributed by atoms with Crippen LogP contribution in [0.25, 0.3) is 0 Å². The lowest BCUT2D eigenvalue weighted by Gasteiger charge is -1.84. The molecule has 0 saturated carbocycles. The van der Waals surface area contributed by atoms with Gasteiger partial charge in [0.15, 0.2) is 0 Å². The zero-order valence-corrected chi connectivity index (χ0v) is 7.87. The standard InChI is InChI=1S/C12H18/c1-3-5-7-9-11-12-10-8-6-4-2/h3-7,11-12H,1,8-10H2,2H3/b6-4+,7-5+,12-11+. The van der Waals surface area contributed by atoms with Gasteiger partial charge in [-0.25, -0.2) is 0 Å². The predicted molar refractivity (Wildman–Crippen MR) is 57.1 cm³/mol. The lowest BCUT2D eigenvalue weighted by Crippen LogP contribution is -1.64. The third kappa shape index (κ3) is 8.96. The Bertz CT molecular complexity index is 170. The van der Waals surface area contributed by atoms with Crippen LogP contribution in [0, 0.1) is 0 Å². The van der Waals surface area contributed by atoms with E-state index in [1.54, 1.807) is 6.08 Å². The molecule has 0 bridgehead atoms. The highest BCUT2D eigenvalue weighted by Crippen LogP contribution is 1.94. The molecule has 0 fully saturated rings. The van der Waals surface area contributed by atoms with E-state index in [4.69, 9.17) is 0 Å². The lowest BCUT2D eigenvalue weighted by atomic mass is 10.2. The Kier molecular flexibility index (Phi) is 9.10. The zero-order chi connectivity index (χ0) is 9.07. The van der Waals surface area contributed by atoms with Crippen molar-refractivity contribution in [3.63, 3.8) is 0 Å². The number of hydrogen-bond acceptors (Lipinski definition) is 0. The smallest absolute Gasteiger partial charge is 0.0166 e. The van der Waals surface area contributed by atoms with Crippen molar-refractivity contribution in [2.75, 3.05) is 0 Å². The van der Waals surface area contributed by atoms with E-state index in [1.807, 2.05) is 6.08 Å². The van der Waals surface area contributed by atoms with E-state index in [2.05, 4.69) is 43.9 Å². The summed E-state index contributed by atoms with van der Waals surface area (Å²) in [6, 6.07) is 0. The molecule has 0 saturated heterocycles. The van der Waals surface area contributed by atoms with Crippen LogP contribution < -0.4 is 0 Å². The molecule has 0 spiro atoms. The molecule has 12 heavy (non-hydrogen) atoms. The molecule has 0 N–H and O–H groups in total. The fourth-order valence-corrected chi connectivity index (χ4v) is 0.827. The average molecular weight is 162 g/mol. The van der Waals surface area contributed by atoms with Crippen LogP contribution in [0.15, 0.2) is 49.1 Å². The van der Waals surface area contributed by atoms with Gasteiger partial charge in [0.1, 0.15) is 0 Å². The molecule has 0 aliphatic rings. The molecule has 0 amide bonds. The van der Waals surface area contributed by atoms with Gasteiger partial charge in [0.25, 0.3) is 0 Å². The summed E-state index contributed by atoms with van der Waals surface area (Å²) in [7, 11) is 0. The van der Waals surface area contributed by atoms with Crippen molar-refractivity contribution >= 4 is 0 Å². The molecule has 0 heteroatoms. The van der Waals surface area contributed by atoms with Crippen molar-refractivity contribution in [3.8, 4) is 0 Å². The maximum absolute atomic E-state index is 3.60. The average Bonchev–Trinajstić information content (AvgIpc) is 2.10. The molecule has 66 valence electrons. The Morgan fingerprint density at radius 3 is 2.42 bits per heavy atom. The topological polar surface area (TPSA) is 0 Å². The predicted octanol–water partition coefficient (Wildman–Crippen LogP) is 4.03. The molecule has 0 radical (unpaired) electrons. The number of allylic oxidation sites excluding steroid dienone is 7. The Hall–Kier alpha value is -1.04. The summed E-state index contributed by atoms with van der Waals surface area (Å²) in [6.45, 7) is 5.65. The summed E-state index contributed by atoms with van der Waals surface area (Å²) in [4.78, 5) is 0. The van der Waals surface area contributed by atoms with Crippen LogP contribution in [0.2, 0.25) is 0 Å². The molecule has 0 aromatic heterocycles. The van der Waals surface area contributed by atoms with Crippen molar-refractivity contribution in [1.82, 2.24) is 0 Å². The van der Waals surface area contributed by atoms with Crippen molar-refractivity contribution in [3.05, 3.63) is 49.1 Å². The van der Waals surface area contributed by atoms with Crippen molar-refractivity contribution in [2.24, 2.45) is 0 Å². The van der Waals surface area contributed by atoms with Gasteiger partial charge in [-0.3, -0.25) is 0 Å². The molecule has 0 atom stereocenters. The van der Waals surface area contributed by atoms with Gasteiger partial charge < -0.3 is 0 Å². The van der Waals surface area contributed by atoms with Crippen LogP contribution in [0.5, 0.6) is 0 Å². The lowest BCUT2D eigenvalue weighted by molar-refractivity contribution is 1.04. The SMILES string of the molecule is C=C/C=C/C/C=C/CC/C=C/C. The number of rotatable bonds is 6. The van der Waals surface area contributed by atoms with Gasteiger partial charge in [-0.05, 0) is 26.2 Å². The fourth-order valence-electron chi connectivity index (χ4n) is 0.827. The second-order valence-corrected chi connectivity index (χ2v) is 2.52. The summed E-state index contributed by atoms with van der Waals surface area (Å²) in [5.41, 5.74) is 0. The third-order valence-corrected chi connectivity index (χ3v) is 1.45. The molecule has 0 rings (SSSR count). The fraction of sp³-hybridized carbons (Fsp3) is 0.333. The molecule has 0 aliphatic heterocycles. The van der Waals surface area contributed by atoms with Crippen LogP contribution in [0.1, 0.15) is 26.2 Å². The van der Waals surface area contributed by atoms with Crippen molar-refractivity contribution < 1.29 is 0 Å². The summed E-state index contributed by atoms with van der Waals surface area (Å²) >= 11 is 0. The van der Waals surface area contributed by atoms with Gasteiger partial charge in [0.2, 0.25) is 0 Å². The normalized spacial score (nSPS) is 12.1. The van der Waals surface area contributed by atoms with Crippen LogP contribution >= 0.6 is 0 Å². The molecular weight excluding hydrogens is 144 g/mol. The monoisotopic (exact) mass is 162 g/mol. The van der Waals surface area contributed by atoms with Crippen LogP contribution in [-0.4, -0.2) is 0 Å². The summed E-state index contributed by atoms with van der Waals surface area (Å²) in [5.74, 6) is 0. The molecular formula is C12H18. The number of hydrogen-bond donors (Lipinski definition) is 0. The Balaban J connectivity index is 3.25. The second-order valence-electron chi connectivity index (χ2n) is 2.52. The van der Waals surface area contributed by atoms with Gasteiger partial charge >= 0.3 is 0 Å². The largest absolute Gasteiger partial charge is 0.0991 e. The minimum absolute atomic E-state index is 1.02. The molecule has 0 aromatic carbocycles. The van der Waals surface area contributed by atoms with Crippen LogP contribution in [0.3, 0.4) is 0 Å². The molecule has 0 aromatic rings. The Labute approximate surface area is 76.0 Å². The first-order valence-electron chi connectivity index (χ1n) is 4.45. The minimum Gasteiger partial charge on any atom is -0.0991 e. The number of unbranched alkanes of at least 4 members (excludes halogenated alkanes) is 1. The van der Waals surface area contributed by atoms with E-state index in [0.717, 1.165) is 19.3 Å². The van der Waals surface area contributed by atoms with Crippen LogP contribution in [0.4, 0.5) is 0 Å². The maximum Gasteiger partial charge on any atom is -0.0166 e. The quantitative estimate of drug-likeness (QED) is 0.314. The molecule has 0 aliphatic carbocycles. The zero-order valence-electron chi connectivity index (χ0n) is 7.87. The Morgan fingerprint density at radius 1 is 1.00 bits per heavy atom. The summed E-state index contributed by atoms with van der Waals surface area (Å²) in [6.07, 6.45) is 17.8. The van der Waals surface area contributed by atoms with Gasteiger partial charge in [-0.2, -0.15) is 0 Å². The second kappa shape index (κ2) is 9.96.